The summed E-state index contributed by atoms with van der Waals surface area (Å²) in [6.07, 6.45) is 3.08. The minimum Gasteiger partial charge on any atom is -0.388 e. The molecule has 2 aromatic rings. The van der Waals surface area contributed by atoms with Crippen LogP contribution in [0.2, 0.25) is 0 Å². The number of rotatable bonds is 7. The molecular weight excluding hydrogens is 278 g/mol. The van der Waals surface area contributed by atoms with Gasteiger partial charge in [0.05, 0.1) is 6.10 Å². The normalized spacial score (nSPS) is 16.3. The number of thiophene rings is 1. The summed E-state index contributed by atoms with van der Waals surface area (Å²) in [7, 11) is 0. The number of hydrogen-bond acceptors (Lipinski definition) is 3. The van der Waals surface area contributed by atoms with Crippen LogP contribution in [0.3, 0.4) is 0 Å². The lowest BCUT2D eigenvalue weighted by Gasteiger charge is -2.23. The predicted molar refractivity (Wildman–Crippen MR) is 88.5 cm³/mol. The average Bonchev–Trinajstić information content (AvgIpc) is 3.21. The number of hydrogen-bond donors (Lipinski definition) is 1. The van der Waals surface area contributed by atoms with E-state index in [1.54, 1.807) is 11.3 Å². The highest BCUT2D eigenvalue weighted by Crippen LogP contribution is 2.30. The molecule has 2 nitrogen and oxygen atoms in total. The first kappa shape index (κ1) is 14.8. The van der Waals surface area contributed by atoms with Crippen molar-refractivity contribution in [3.05, 3.63) is 57.8 Å². The molecule has 0 spiro atoms. The topological polar surface area (TPSA) is 23.5 Å². The fourth-order valence-corrected chi connectivity index (χ4v) is 3.51. The van der Waals surface area contributed by atoms with Crippen molar-refractivity contribution in [3.63, 3.8) is 0 Å². The van der Waals surface area contributed by atoms with Crippen molar-refractivity contribution in [2.45, 2.75) is 44.9 Å². The molecule has 112 valence electrons. The highest BCUT2D eigenvalue weighted by atomic mass is 32.1. The zero-order valence-corrected chi connectivity index (χ0v) is 13.4. The molecule has 0 saturated heterocycles. The van der Waals surface area contributed by atoms with Gasteiger partial charge in [0.25, 0.3) is 0 Å². The van der Waals surface area contributed by atoms with E-state index in [0.29, 0.717) is 0 Å². The number of benzene rings is 1. The lowest BCUT2D eigenvalue weighted by Crippen LogP contribution is -2.27. The highest BCUT2D eigenvalue weighted by Gasteiger charge is 2.29. The Bertz CT molecular complexity index is 562. The van der Waals surface area contributed by atoms with Crippen LogP contribution in [-0.4, -0.2) is 22.6 Å². The van der Waals surface area contributed by atoms with Crippen molar-refractivity contribution in [1.82, 2.24) is 4.90 Å². The second kappa shape index (κ2) is 6.73. The van der Waals surface area contributed by atoms with Crippen LogP contribution in [0.15, 0.2) is 41.1 Å². The summed E-state index contributed by atoms with van der Waals surface area (Å²) in [5, 5.41) is 14.8. The standard InChI is InChI=1S/C18H23NOS/c1-14-4-2-3-5-17(14)18(20)8-10-19(16-6-7-16)12-15-9-11-21-13-15/h2-5,9,11,13,16,18,20H,6-8,10,12H2,1H3. The first-order valence-corrected chi connectivity index (χ1v) is 8.67. The molecule has 1 atom stereocenters. The Labute approximate surface area is 131 Å². The molecule has 1 heterocycles. The fraction of sp³-hybridized carbons (Fsp3) is 0.444. The third-order valence-corrected chi connectivity index (χ3v) is 5.00. The molecule has 0 bridgehead atoms. The van der Waals surface area contributed by atoms with Gasteiger partial charge in [-0.15, -0.1) is 0 Å². The van der Waals surface area contributed by atoms with Crippen LogP contribution in [0.5, 0.6) is 0 Å². The first-order chi connectivity index (χ1) is 10.2. The van der Waals surface area contributed by atoms with Gasteiger partial charge in [0, 0.05) is 19.1 Å². The van der Waals surface area contributed by atoms with Gasteiger partial charge in [-0.25, -0.2) is 0 Å². The summed E-state index contributed by atoms with van der Waals surface area (Å²) in [5.41, 5.74) is 3.65. The third kappa shape index (κ3) is 3.94. The Hall–Kier alpha value is -1.16. The third-order valence-electron chi connectivity index (χ3n) is 4.27. The maximum absolute atomic E-state index is 10.5. The van der Waals surface area contributed by atoms with E-state index in [4.69, 9.17) is 0 Å². The predicted octanol–water partition coefficient (Wildman–Crippen LogP) is 4.14. The van der Waals surface area contributed by atoms with E-state index in [0.717, 1.165) is 31.1 Å². The quantitative estimate of drug-likeness (QED) is 0.830. The summed E-state index contributed by atoms with van der Waals surface area (Å²) in [5.74, 6) is 0. The Morgan fingerprint density at radius 3 is 2.76 bits per heavy atom. The smallest absolute Gasteiger partial charge is 0.0804 e. The number of aliphatic hydroxyl groups excluding tert-OH is 1. The van der Waals surface area contributed by atoms with Gasteiger partial charge in [0.2, 0.25) is 0 Å². The van der Waals surface area contributed by atoms with Crippen LogP contribution in [0.4, 0.5) is 0 Å². The number of aliphatic hydroxyl groups is 1. The van der Waals surface area contributed by atoms with Crippen LogP contribution in [0.25, 0.3) is 0 Å². The second-order valence-corrected chi connectivity index (χ2v) is 6.77. The van der Waals surface area contributed by atoms with Gasteiger partial charge in [-0.05, 0) is 59.7 Å². The fourth-order valence-electron chi connectivity index (χ4n) is 2.85. The summed E-state index contributed by atoms with van der Waals surface area (Å²) in [6.45, 7) is 4.06. The second-order valence-electron chi connectivity index (χ2n) is 5.99. The van der Waals surface area contributed by atoms with E-state index in [1.807, 2.05) is 18.2 Å². The molecule has 1 unspecified atom stereocenters. The maximum atomic E-state index is 10.5. The first-order valence-electron chi connectivity index (χ1n) is 7.73. The molecule has 1 fully saturated rings. The minimum atomic E-state index is -0.352. The van der Waals surface area contributed by atoms with Crippen molar-refractivity contribution in [1.29, 1.82) is 0 Å². The minimum absolute atomic E-state index is 0.352. The Balaban J connectivity index is 1.58. The molecular formula is C18H23NOS. The molecule has 1 N–H and O–H groups in total. The van der Waals surface area contributed by atoms with E-state index < -0.39 is 0 Å². The van der Waals surface area contributed by atoms with Crippen LogP contribution in [0, 0.1) is 6.92 Å². The molecule has 3 heteroatoms. The van der Waals surface area contributed by atoms with Gasteiger partial charge in [-0.2, -0.15) is 11.3 Å². The summed E-state index contributed by atoms with van der Waals surface area (Å²) < 4.78 is 0. The summed E-state index contributed by atoms with van der Waals surface area (Å²) >= 11 is 1.76. The molecule has 3 rings (SSSR count). The Kier molecular flexibility index (Phi) is 4.73. The van der Waals surface area contributed by atoms with Crippen LogP contribution in [0.1, 0.15) is 42.1 Å². The number of nitrogens with zero attached hydrogens (tertiary/aromatic N) is 1. The van der Waals surface area contributed by atoms with Crippen molar-refractivity contribution in [2.75, 3.05) is 6.54 Å². The maximum Gasteiger partial charge on any atom is 0.0804 e. The van der Waals surface area contributed by atoms with Gasteiger partial charge in [0.15, 0.2) is 0 Å². The summed E-state index contributed by atoms with van der Waals surface area (Å²) in [6, 6.07) is 11.1. The molecule has 0 radical (unpaired) electrons. The molecule has 1 aliphatic rings. The van der Waals surface area contributed by atoms with Gasteiger partial charge in [-0.1, -0.05) is 24.3 Å². The zero-order chi connectivity index (χ0) is 14.7. The van der Waals surface area contributed by atoms with Crippen molar-refractivity contribution in [3.8, 4) is 0 Å². The molecule has 1 aliphatic carbocycles. The number of aryl methyl sites for hydroxylation is 1. The van der Waals surface area contributed by atoms with E-state index >= 15 is 0 Å². The van der Waals surface area contributed by atoms with Crippen molar-refractivity contribution in [2.24, 2.45) is 0 Å². The molecule has 0 amide bonds. The van der Waals surface area contributed by atoms with Gasteiger partial charge in [0.1, 0.15) is 0 Å². The monoisotopic (exact) mass is 301 g/mol. The zero-order valence-electron chi connectivity index (χ0n) is 12.5. The van der Waals surface area contributed by atoms with Crippen molar-refractivity contribution < 1.29 is 5.11 Å². The van der Waals surface area contributed by atoms with Crippen LogP contribution in [-0.2, 0) is 6.54 Å². The highest BCUT2D eigenvalue weighted by molar-refractivity contribution is 7.07. The largest absolute Gasteiger partial charge is 0.388 e. The van der Waals surface area contributed by atoms with Gasteiger partial charge in [-0.3, -0.25) is 4.90 Å². The van der Waals surface area contributed by atoms with E-state index in [9.17, 15) is 5.11 Å². The van der Waals surface area contributed by atoms with Crippen molar-refractivity contribution >= 4 is 11.3 Å². The molecule has 21 heavy (non-hydrogen) atoms. The van der Waals surface area contributed by atoms with E-state index in [-0.39, 0.29) is 6.10 Å². The molecule has 1 aromatic carbocycles. The lowest BCUT2D eigenvalue weighted by molar-refractivity contribution is 0.136. The SMILES string of the molecule is Cc1ccccc1C(O)CCN(Cc1ccsc1)C1CC1. The van der Waals surface area contributed by atoms with Gasteiger partial charge < -0.3 is 5.11 Å². The molecule has 1 saturated carbocycles. The van der Waals surface area contributed by atoms with Crippen LogP contribution < -0.4 is 0 Å². The van der Waals surface area contributed by atoms with E-state index in [2.05, 4.69) is 34.7 Å². The lowest BCUT2D eigenvalue weighted by atomic mass is 10.0. The molecule has 1 aromatic heterocycles. The van der Waals surface area contributed by atoms with Gasteiger partial charge >= 0.3 is 0 Å². The Morgan fingerprint density at radius 2 is 2.10 bits per heavy atom. The van der Waals surface area contributed by atoms with Crippen LogP contribution >= 0.6 is 11.3 Å². The summed E-state index contributed by atoms with van der Waals surface area (Å²) in [4.78, 5) is 2.53. The average molecular weight is 301 g/mol. The van der Waals surface area contributed by atoms with E-state index in [1.165, 1.54) is 24.0 Å². The molecule has 0 aliphatic heterocycles. The Morgan fingerprint density at radius 1 is 1.29 bits per heavy atom.